The summed E-state index contributed by atoms with van der Waals surface area (Å²) in [4.78, 5) is 22.8. The van der Waals surface area contributed by atoms with Crippen molar-refractivity contribution in [2.75, 3.05) is 5.32 Å². The molecule has 0 aliphatic heterocycles. The van der Waals surface area contributed by atoms with E-state index in [1.165, 1.54) is 12.1 Å². The minimum Gasteiger partial charge on any atom is -0.545 e. The fourth-order valence-corrected chi connectivity index (χ4v) is 1.58. The molecular weight excluding hydrogens is 253 g/mol. The number of anilines is 1. The van der Waals surface area contributed by atoms with E-state index >= 15 is 0 Å². The Labute approximate surface area is 132 Å². The topological polar surface area (TPSA) is 69.2 Å². The van der Waals surface area contributed by atoms with Gasteiger partial charge in [0.25, 0.3) is 5.91 Å². The number of rotatable bonds is 3. The first kappa shape index (κ1) is 15.4. The van der Waals surface area contributed by atoms with Gasteiger partial charge in [-0.05, 0) is 18.2 Å². The van der Waals surface area contributed by atoms with Crippen molar-refractivity contribution in [1.82, 2.24) is 0 Å². The van der Waals surface area contributed by atoms with Crippen LogP contribution in [0.15, 0.2) is 54.6 Å². The summed E-state index contributed by atoms with van der Waals surface area (Å²) in [5, 5.41) is 13.5. The van der Waals surface area contributed by atoms with Crippen LogP contribution >= 0.6 is 0 Å². The van der Waals surface area contributed by atoms with Crippen LogP contribution in [0.1, 0.15) is 20.7 Å². The number of carbonyl (C=O) groups is 2. The SMILES string of the molecule is O=C([O-])c1ccccc1C(=O)Nc1ccccc1.[Na+]. The summed E-state index contributed by atoms with van der Waals surface area (Å²) in [7, 11) is 0. The van der Waals surface area contributed by atoms with Gasteiger partial charge in [-0.3, -0.25) is 4.79 Å². The predicted octanol–water partition coefficient (Wildman–Crippen LogP) is -1.69. The van der Waals surface area contributed by atoms with Crippen LogP contribution in [-0.2, 0) is 0 Å². The molecule has 0 aromatic heterocycles. The van der Waals surface area contributed by atoms with Crippen molar-refractivity contribution in [2.24, 2.45) is 0 Å². The maximum absolute atomic E-state index is 11.9. The van der Waals surface area contributed by atoms with E-state index in [2.05, 4.69) is 5.32 Å². The second kappa shape index (κ2) is 7.09. The fraction of sp³-hybridized carbons (Fsp3) is 0. The Morgan fingerprint density at radius 3 is 1.95 bits per heavy atom. The molecule has 19 heavy (non-hydrogen) atoms. The number of aromatic carboxylic acids is 1. The molecule has 0 atom stereocenters. The van der Waals surface area contributed by atoms with Crippen molar-refractivity contribution in [1.29, 1.82) is 0 Å². The summed E-state index contributed by atoms with van der Waals surface area (Å²) < 4.78 is 0. The van der Waals surface area contributed by atoms with Crippen LogP contribution in [0.25, 0.3) is 0 Å². The maximum atomic E-state index is 11.9. The first-order valence-corrected chi connectivity index (χ1v) is 5.35. The number of para-hydroxylation sites is 1. The van der Waals surface area contributed by atoms with Crippen LogP contribution in [0.3, 0.4) is 0 Å². The minimum atomic E-state index is -1.37. The van der Waals surface area contributed by atoms with Gasteiger partial charge in [-0.25, -0.2) is 0 Å². The molecule has 90 valence electrons. The number of benzene rings is 2. The number of hydrogen-bond donors (Lipinski definition) is 1. The second-order valence-corrected chi connectivity index (χ2v) is 3.65. The molecule has 2 aromatic rings. The van der Waals surface area contributed by atoms with E-state index < -0.39 is 11.9 Å². The second-order valence-electron chi connectivity index (χ2n) is 3.65. The number of hydrogen-bond acceptors (Lipinski definition) is 3. The van der Waals surface area contributed by atoms with E-state index in [0.29, 0.717) is 5.69 Å². The van der Waals surface area contributed by atoms with E-state index in [9.17, 15) is 14.7 Å². The molecule has 0 aliphatic rings. The normalized spacial score (nSPS) is 9.26. The third kappa shape index (κ3) is 3.92. The van der Waals surface area contributed by atoms with Gasteiger partial charge in [-0.1, -0.05) is 36.4 Å². The van der Waals surface area contributed by atoms with Crippen molar-refractivity contribution in [2.45, 2.75) is 0 Å². The van der Waals surface area contributed by atoms with Gasteiger partial charge in [-0.2, -0.15) is 0 Å². The van der Waals surface area contributed by atoms with Crippen LogP contribution in [0.2, 0.25) is 0 Å². The molecule has 0 heterocycles. The van der Waals surface area contributed by atoms with Gasteiger partial charge < -0.3 is 15.2 Å². The third-order valence-corrected chi connectivity index (χ3v) is 2.42. The molecule has 1 N–H and O–H groups in total. The smallest absolute Gasteiger partial charge is 0.545 e. The standard InChI is InChI=1S/C14H11NO3.Na/c16-13(15-10-6-2-1-3-7-10)11-8-4-5-9-12(11)14(17)18;/h1-9H,(H,15,16)(H,17,18);/q;+1/p-1. The van der Waals surface area contributed by atoms with Gasteiger partial charge in [0.15, 0.2) is 0 Å². The molecule has 0 saturated heterocycles. The number of amides is 1. The van der Waals surface area contributed by atoms with Crippen LogP contribution in [0.5, 0.6) is 0 Å². The Kier molecular flexibility index (Phi) is 5.76. The molecule has 0 radical (unpaired) electrons. The minimum absolute atomic E-state index is 0. The average Bonchev–Trinajstić information content (AvgIpc) is 2.40. The zero-order valence-electron chi connectivity index (χ0n) is 10.4. The first-order chi connectivity index (χ1) is 8.68. The van der Waals surface area contributed by atoms with Crippen molar-refractivity contribution in [3.8, 4) is 0 Å². The Balaban J connectivity index is 0.00000180. The molecule has 0 fully saturated rings. The van der Waals surface area contributed by atoms with E-state index in [1.807, 2.05) is 6.07 Å². The van der Waals surface area contributed by atoms with E-state index in [0.717, 1.165) is 0 Å². The molecule has 5 heteroatoms. The molecule has 0 unspecified atom stereocenters. The van der Waals surface area contributed by atoms with Gasteiger partial charge in [0, 0.05) is 16.8 Å². The molecule has 4 nitrogen and oxygen atoms in total. The van der Waals surface area contributed by atoms with Gasteiger partial charge in [0.05, 0.1) is 5.97 Å². The molecule has 1 amide bonds. The molecule has 2 rings (SSSR count). The Morgan fingerprint density at radius 2 is 1.37 bits per heavy atom. The molecule has 0 spiro atoms. The summed E-state index contributed by atoms with van der Waals surface area (Å²) >= 11 is 0. The molecule has 2 aromatic carbocycles. The van der Waals surface area contributed by atoms with Crippen molar-refractivity contribution in [3.63, 3.8) is 0 Å². The van der Waals surface area contributed by atoms with Crippen molar-refractivity contribution >= 4 is 17.6 Å². The molecule has 0 saturated carbocycles. The first-order valence-electron chi connectivity index (χ1n) is 5.35. The summed E-state index contributed by atoms with van der Waals surface area (Å²) in [5.41, 5.74) is 0.572. The average molecular weight is 263 g/mol. The summed E-state index contributed by atoms with van der Waals surface area (Å²) in [6, 6.07) is 14.8. The summed E-state index contributed by atoms with van der Waals surface area (Å²) in [6.45, 7) is 0. The molecule has 0 aliphatic carbocycles. The van der Waals surface area contributed by atoms with Gasteiger partial charge in [0.1, 0.15) is 0 Å². The van der Waals surface area contributed by atoms with Gasteiger partial charge in [0.2, 0.25) is 0 Å². The third-order valence-electron chi connectivity index (χ3n) is 2.42. The quantitative estimate of drug-likeness (QED) is 0.672. The number of carboxylic acids is 1. The monoisotopic (exact) mass is 263 g/mol. The Hall–Kier alpha value is -1.62. The largest absolute Gasteiger partial charge is 1.00 e. The Morgan fingerprint density at radius 1 is 0.842 bits per heavy atom. The summed E-state index contributed by atoms with van der Waals surface area (Å²) in [5.74, 6) is -1.84. The van der Waals surface area contributed by atoms with Crippen LogP contribution in [0, 0.1) is 0 Å². The van der Waals surface area contributed by atoms with Gasteiger partial charge >= 0.3 is 29.6 Å². The fourth-order valence-electron chi connectivity index (χ4n) is 1.58. The van der Waals surface area contributed by atoms with E-state index in [4.69, 9.17) is 0 Å². The summed E-state index contributed by atoms with van der Waals surface area (Å²) in [6.07, 6.45) is 0. The van der Waals surface area contributed by atoms with Crippen LogP contribution in [0.4, 0.5) is 5.69 Å². The zero-order valence-corrected chi connectivity index (χ0v) is 12.4. The van der Waals surface area contributed by atoms with Crippen molar-refractivity contribution < 1.29 is 44.3 Å². The van der Waals surface area contributed by atoms with Gasteiger partial charge in [-0.15, -0.1) is 0 Å². The van der Waals surface area contributed by atoms with E-state index in [-0.39, 0.29) is 40.7 Å². The van der Waals surface area contributed by atoms with E-state index in [1.54, 1.807) is 36.4 Å². The van der Waals surface area contributed by atoms with Crippen LogP contribution < -0.4 is 40.0 Å². The van der Waals surface area contributed by atoms with Crippen LogP contribution in [-0.4, -0.2) is 11.9 Å². The number of carbonyl (C=O) groups excluding carboxylic acids is 2. The maximum Gasteiger partial charge on any atom is 1.00 e. The molecule has 0 bridgehead atoms. The number of carboxylic acid groups (broad SMARTS) is 1. The number of nitrogens with one attached hydrogen (secondary N) is 1. The predicted molar refractivity (Wildman–Crippen MR) is 65.2 cm³/mol. The van der Waals surface area contributed by atoms with Crippen molar-refractivity contribution in [3.05, 3.63) is 65.7 Å². The zero-order chi connectivity index (χ0) is 13.0. The molecular formula is C14H10NNaO3. The Bertz CT molecular complexity index is 584.